The molecule has 1 unspecified atom stereocenters. The van der Waals surface area contributed by atoms with Crippen LogP contribution < -0.4 is 10.2 Å². The van der Waals surface area contributed by atoms with Crippen LogP contribution in [0.3, 0.4) is 0 Å². The molecule has 6 heteroatoms. The molecule has 1 fully saturated rings. The third-order valence-corrected chi connectivity index (χ3v) is 4.16. The van der Waals surface area contributed by atoms with Gasteiger partial charge in [-0.05, 0) is 51.3 Å². The van der Waals surface area contributed by atoms with Gasteiger partial charge in [-0.15, -0.1) is 0 Å². The molecular weight excluding hydrogens is 309 g/mol. The van der Waals surface area contributed by atoms with Crippen molar-refractivity contribution in [1.82, 2.24) is 10.2 Å². The van der Waals surface area contributed by atoms with Crippen molar-refractivity contribution >= 4 is 11.7 Å². The number of rotatable bonds is 4. The molecule has 0 spiro atoms. The Morgan fingerprint density at radius 2 is 2.21 bits per heavy atom. The molecule has 1 aliphatic heterocycles. The summed E-state index contributed by atoms with van der Waals surface area (Å²) in [5, 5.41) is 12.8. The number of aliphatic hydroxyl groups is 1. The summed E-state index contributed by atoms with van der Waals surface area (Å²) >= 11 is 0. The van der Waals surface area contributed by atoms with Crippen LogP contribution in [-0.2, 0) is 0 Å². The predicted octanol–water partition coefficient (Wildman–Crippen LogP) is 2.52. The first-order valence-electron chi connectivity index (χ1n) is 8.41. The van der Waals surface area contributed by atoms with Gasteiger partial charge in [-0.1, -0.05) is 6.07 Å². The van der Waals surface area contributed by atoms with Crippen LogP contribution in [0.25, 0.3) is 0 Å². The quantitative estimate of drug-likeness (QED) is 0.888. The summed E-state index contributed by atoms with van der Waals surface area (Å²) in [7, 11) is 1.66. The van der Waals surface area contributed by atoms with Crippen molar-refractivity contribution < 1.29 is 14.3 Å². The lowest BCUT2D eigenvalue weighted by molar-refractivity contribution is 0.0527. The molecule has 2 rings (SSSR count). The van der Waals surface area contributed by atoms with E-state index < -0.39 is 5.60 Å². The highest BCUT2D eigenvalue weighted by molar-refractivity contribution is 5.74. The van der Waals surface area contributed by atoms with Crippen LogP contribution in [0.2, 0.25) is 0 Å². The topological polar surface area (TPSA) is 55.8 Å². The normalized spacial score (nSPS) is 18.4. The van der Waals surface area contributed by atoms with Gasteiger partial charge in [0.05, 0.1) is 17.8 Å². The second-order valence-corrected chi connectivity index (χ2v) is 7.36. The van der Waals surface area contributed by atoms with E-state index in [0.29, 0.717) is 12.2 Å². The number of halogens is 1. The van der Waals surface area contributed by atoms with Crippen molar-refractivity contribution in [3.05, 3.63) is 29.6 Å². The lowest BCUT2D eigenvalue weighted by atomic mass is 10.0. The Hall–Kier alpha value is -1.82. The number of urea groups is 1. The molecule has 0 saturated carbocycles. The summed E-state index contributed by atoms with van der Waals surface area (Å²) in [6.07, 6.45) is 1.76. The fourth-order valence-electron chi connectivity index (χ4n) is 3.12. The van der Waals surface area contributed by atoms with Crippen molar-refractivity contribution in [2.24, 2.45) is 0 Å². The molecule has 0 radical (unpaired) electrons. The third-order valence-electron chi connectivity index (χ3n) is 4.16. The largest absolute Gasteiger partial charge is 0.389 e. The van der Waals surface area contributed by atoms with Gasteiger partial charge < -0.3 is 20.2 Å². The SMILES string of the molecule is Cc1ccc(F)c(N2CCCC(NC(=O)N(C)CC(C)(C)O)C2)c1. The van der Waals surface area contributed by atoms with Crippen LogP contribution in [0.1, 0.15) is 32.3 Å². The van der Waals surface area contributed by atoms with Crippen molar-refractivity contribution in [2.75, 3.05) is 31.6 Å². The van der Waals surface area contributed by atoms with E-state index in [1.807, 2.05) is 17.9 Å². The third kappa shape index (κ3) is 5.09. The molecule has 1 aromatic rings. The molecule has 1 heterocycles. The monoisotopic (exact) mass is 337 g/mol. The second-order valence-electron chi connectivity index (χ2n) is 7.36. The first-order chi connectivity index (χ1) is 11.2. The first-order valence-corrected chi connectivity index (χ1v) is 8.41. The molecule has 2 N–H and O–H groups in total. The lowest BCUT2D eigenvalue weighted by Gasteiger charge is -2.36. The van der Waals surface area contributed by atoms with Crippen molar-refractivity contribution in [3.8, 4) is 0 Å². The van der Waals surface area contributed by atoms with Crippen LogP contribution >= 0.6 is 0 Å². The standard InChI is InChI=1S/C18H28FN3O2/c1-13-7-8-15(19)16(10-13)22-9-5-6-14(11-22)20-17(23)21(4)12-18(2,3)24/h7-8,10,14,24H,5-6,9,11-12H2,1-4H3,(H,20,23). The van der Waals surface area contributed by atoms with Crippen LogP contribution in [0.15, 0.2) is 18.2 Å². The van der Waals surface area contributed by atoms with Gasteiger partial charge in [-0.25, -0.2) is 9.18 Å². The number of nitrogens with one attached hydrogen (secondary N) is 1. The predicted molar refractivity (Wildman–Crippen MR) is 93.8 cm³/mol. The number of amides is 2. The fraction of sp³-hybridized carbons (Fsp3) is 0.611. The Balaban J connectivity index is 1.98. The molecule has 24 heavy (non-hydrogen) atoms. The van der Waals surface area contributed by atoms with E-state index in [-0.39, 0.29) is 24.4 Å². The number of hydrogen-bond acceptors (Lipinski definition) is 3. The molecule has 0 aromatic heterocycles. The molecule has 2 amide bonds. The second kappa shape index (κ2) is 7.38. The van der Waals surface area contributed by atoms with Gasteiger partial charge in [0.15, 0.2) is 0 Å². The Morgan fingerprint density at radius 1 is 1.50 bits per heavy atom. The summed E-state index contributed by atoms with van der Waals surface area (Å²) in [4.78, 5) is 15.7. The van der Waals surface area contributed by atoms with Gasteiger partial charge >= 0.3 is 6.03 Å². The maximum absolute atomic E-state index is 14.1. The van der Waals surface area contributed by atoms with E-state index in [4.69, 9.17) is 0 Å². The van der Waals surface area contributed by atoms with Gasteiger partial charge in [0.25, 0.3) is 0 Å². The minimum absolute atomic E-state index is 0.0320. The zero-order valence-electron chi connectivity index (χ0n) is 15.0. The average molecular weight is 337 g/mol. The Bertz CT molecular complexity index is 586. The van der Waals surface area contributed by atoms with Gasteiger partial charge in [0, 0.05) is 26.2 Å². The van der Waals surface area contributed by atoms with E-state index in [1.165, 1.54) is 11.0 Å². The maximum Gasteiger partial charge on any atom is 0.317 e. The minimum atomic E-state index is -0.935. The van der Waals surface area contributed by atoms with E-state index in [1.54, 1.807) is 27.0 Å². The molecule has 1 aliphatic rings. The number of anilines is 1. The zero-order chi connectivity index (χ0) is 17.9. The summed E-state index contributed by atoms with van der Waals surface area (Å²) in [6.45, 7) is 6.90. The highest BCUT2D eigenvalue weighted by Gasteiger charge is 2.26. The smallest absolute Gasteiger partial charge is 0.317 e. The van der Waals surface area contributed by atoms with Gasteiger partial charge in [0.1, 0.15) is 5.82 Å². The maximum atomic E-state index is 14.1. The van der Waals surface area contributed by atoms with Crippen LogP contribution in [0.4, 0.5) is 14.9 Å². The number of likely N-dealkylation sites (N-methyl/N-ethyl adjacent to an activating group) is 1. The first kappa shape index (κ1) is 18.5. The number of piperidine rings is 1. The number of carbonyl (C=O) groups is 1. The Labute approximate surface area is 143 Å². The molecule has 0 aliphatic carbocycles. The highest BCUT2D eigenvalue weighted by Crippen LogP contribution is 2.24. The number of nitrogens with zero attached hydrogens (tertiary/aromatic N) is 2. The number of carbonyl (C=O) groups excluding carboxylic acids is 1. The zero-order valence-corrected chi connectivity index (χ0v) is 15.0. The molecule has 1 saturated heterocycles. The summed E-state index contributed by atoms with van der Waals surface area (Å²) in [6, 6.07) is 4.85. The Morgan fingerprint density at radius 3 is 2.88 bits per heavy atom. The summed E-state index contributed by atoms with van der Waals surface area (Å²) in [5.74, 6) is -0.230. The molecule has 134 valence electrons. The number of aryl methyl sites for hydroxylation is 1. The number of benzene rings is 1. The molecule has 5 nitrogen and oxygen atoms in total. The van der Waals surface area contributed by atoms with Crippen LogP contribution in [-0.4, -0.2) is 54.4 Å². The molecular formula is C18H28FN3O2. The van der Waals surface area contributed by atoms with Crippen molar-refractivity contribution in [1.29, 1.82) is 0 Å². The molecule has 1 aromatic carbocycles. The van der Waals surface area contributed by atoms with Gasteiger partial charge in [-0.3, -0.25) is 0 Å². The summed E-state index contributed by atoms with van der Waals surface area (Å²) in [5.41, 5.74) is 0.677. The van der Waals surface area contributed by atoms with E-state index in [0.717, 1.165) is 24.9 Å². The highest BCUT2D eigenvalue weighted by atomic mass is 19.1. The molecule has 0 bridgehead atoms. The minimum Gasteiger partial charge on any atom is -0.389 e. The van der Waals surface area contributed by atoms with E-state index >= 15 is 0 Å². The lowest BCUT2D eigenvalue weighted by Crippen LogP contribution is -2.52. The van der Waals surface area contributed by atoms with Crippen LogP contribution in [0.5, 0.6) is 0 Å². The Kier molecular flexibility index (Phi) is 5.70. The van der Waals surface area contributed by atoms with Crippen LogP contribution in [0, 0.1) is 12.7 Å². The van der Waals surface area contributed by atoms with Crippen molar-refractivity contribution in [3.63, 3.8) is 0 Å². The van der Waals surface area contributed by atoms with Gasteiger partial charge in [-0.2, -0.15) is 0 Å². The van der Waals surface area contributed by atoms with E-state index in [2.05, 4.69) is 5.32 Å². The molecule has 1 atom stereocenters. The van der Waals surface area contributed by atoms with E-state index in [9.17, 15) is 14.3 Å². The summed E-state index contributed by atoms with van der Waals surface area (Å²) < 4.78 is 14.1. The fourth-order valence-corrected chi connectivity index (χ4v) is 3.12. The average Bonchev–Trinajstić information content (AvgIpc) is 2.48. The van der Waals surface area contributed by atoms with Crippen molar-refractivity contribution in [2.45, 2.75) is 45.3 Å². The van der Waals surface area contributed by atoms with Gasteiger partial charge in [0.2, 0.25) is 0 Å². The number of hydrogen-bond donors (Lipinski definition) is 2.